The summed E-state index contributed by atoms with van der Waals surface area (Å²) >= 11 is 0. The molecule has 0 aliphatic carbocycles. The van der Waals surface area contributed by atoms with Crippen LogP contribution >= 0.6 is 0 Å². The maximum absolute atomic E-state index is 11.0. The van der Waals surface area contributed by atoms with Gasteiger partial charge in [-0.2, -0.15) is 0 Å². The number of rotatable bonds is 2. The minimum absolute atomic E-state index is 0.148. The summed E-state index contributed by atoms with van der Waals surface area (Å²) in [6.45, 7) is 1.56. The summed E-state index contributed by atoms with van der Waals surface area (Å²) in [5.74, 6) is -1.12. The number of hydrogen-bond acceptors (Lipinski definition) is 5. The maximum Gasteiger partial charge on any atom is 0.274 e. The summed E-state index contributed by atoms with van der Waals surface area (Å²) in [4.78, 5) is 27.7. The standard InChI is InChI=1S/C7H8N4O3/c1-3-2-4(12)10-7(9-3)5(11-14)6(8)13/h2,14H,1H3,(H2,8,13)(H,9,10,12)/b11-5+. The summed E-state index contributed by atoms with van der Waals surface area (Å²) in [5, 5.41) is 11.1. The first kappa shape index (κ1) is 9.90. The summed E-state index contributed by atoms with van der Waals surface area (Å²) in [6, 6.07) is 1.24. The van der Waals surface area contributed by atoms with Gasteiger partial charge < -0.3 is 15.9 Å². The van der Waals surface area contributed by atoms with Gasteiger partial charge in [-0.05, 0) is 6.92 Å². The van der Waals surface area contributed by atoms with Gasteiger partial charge in [0.25, 0.3) is 11.5 Å². The quantitative estimate of drug-likeness (QED) is 0.310. The number of amides is 1. The molecule has 0 saturated carbocycles. The highest BCUT2D eigenvalue weighted by Gasteiger charge is 2.13. The third kappa shape index (κ3) is 1.94. The van der Waals surface area contributed by atoms with Crippen molar-refractivity contribution in [2.24, 2.45) is 10.9 Å². The molecule has 1 rings (SSSR count). The smallest absolute Gasteiger partial charge is 0.274 e. The van der Waals surface area contributed by atoms with Gasteiger partial charge in [-0.1, -0.05) is 5.16 Å². The summed E-state index contributed by atoms with van der Waals surface area (Å²) < 4.78 is 0. The van der Waals surface area contributed by atoms with Crippen molar-refractivity contribution < 1.29 is 10.0 Å². The molecule has 1 aromatic heterocycles. The Balaban J connectivity index is 3.32. The Morgan fingerprint density at radius 2 is 2.36 bits per heavy atom. The van der Waals surface area contributed by atoms with Gasteiger partial charge in [0, 0.05) is 11.8 Å². The van der Waals surface area contributed by atoms with Gasteiger partial charge in [-0.15, -0.1) is 0 Å². The highest BCUT2D eigenvalue weighted by atomic mass is 16.4. The van der Waals surface area contributed by atoms with Crippen LogP contribution in [0.2, 0.25) is 0 Å². The number of hydrogen-bond donors (Lipinski definition) is 3. The second-order valence-corrected chi connectivity index (χ2v) is 2.55. The molecule has 0 atom stereocenters. The molecule has 0 unspecified atom stereocenters. The van der Waals surface area contributed by atoms with Crippen molar-refractivity contribution >= 4 is 11.6 Å². The molecule has 14 heavy (non-hydrogen) atoms. The Morgan fingerprint density at radius 1 is 1.71 bits per heavy atom. The van der Waals surface area contributed by atoms with Crippen LogP contribution in [-0.2, 0) is 4.79 Å². The number of aromatic amines is 1. The largest absolute Gasteiger partial charge is 0.410 e. The fraction of sp³-hybridized carbons (Fsp3) is 0.143. The van der Waals surface area contributed by atoms with Crippen molar-refractivity contribution in [1.29, 1.82) is 0 Å². The number of carbonyl (C=O) groups is 1. The molecule has 74 valence electrons. The van der Waals surface area contributed by atoms with Crippen LogP contribution in [0.4, 0.5) is 0 Å². The molecule has 7 heteroatoms. The van der Waals surface area contributed by atoms with Crippen molar-refractivity contribution in [2.45, 2.75) is 6.92 Å². The fourth-order valence-electron chi connectivity index (χ4n) is 0.905. The number of nitrogens with two attached hydrogens (primary N) is 1. The Morgan fingerprint density at radius 3 is 2.79 bits per heavy atom. The van der Waals surface area contributed by atoms with E-state index < -0.39 is 17.2 Å². The van der Waals surface area contributed by atoms with Crippen LogP contribution in [-0.4, -0.2) is 26.8 Å². The second kappa shape index (κ2) is 3.69. The molecule has 1 amide bonds. The van der Waals surface area contributed by atoms with Crippen LogP contribution in [0.5, 0.6) is 0 Å². The first-order valence-corrected chi connectivity index (χ1v) is 3.65. The average molecular weight is 196 g/mol. The summed E-state index contributed by atoms with van der Waals surface area (Å²) in [5.41, 5.74) is 4.35. The zero-order valence-corrected chi connectivity index (χ0v) is 7.31. The van der Waals surface area contributed by atoms with E-state index >= 15 is 0 Å². The lowest BCUT2D eigenvalue weighted by Gasteiger charge is -1.99. The minimum Gasteiger partial charge on any atom is -0.410 e. The lowest BCUT2D eigenvalue weighted by Crippen LogP contribution is -2.28. The maximum atomic E-state index is 11.0. The van der Waals surface area contributed by atoms with Crippen LogP contribution in [0.3, 0.4) is 0 Å². The predicted molar refractivity (Wildman–Crippen MR) is 47.1 cm³/mol. The van der Waals surface area contributed by atoms with Gasteiger partial charge in [0.2, 0.25) is 5.71 Å². The molecular formula is C7H8N4O3. The zero-order chi connectivity index (χ0) is 10.7. The van der Waals surface area contributed by atoms with Crippen molar-refractivity contribution in [3.8, 4) is 0 Å². The van der Waals surface area contributed by atoms with Crippen molar-refractivity contribution in [3.63, 3.8) is 0 Å². The van der Waals surface area contributed by atoms with Crippen LogP contribution < -0.4 is 11.3 Å². The number of primary amides is 1. The van der Waals surface area contributed by atoms with Gasteiger partial charge >= 0.3 is 0 Å². The highest BCUT2D eigenvalue weighted by Crippen LogP contribution is 1.92. The van der Waals surface area contributed by atoms with E-state index in [4.69, 9.17) is 10.9 Å². The predicted octanol–water partition coefficient (Wildman–Crippen LogP) is -1.26. The third-order valence-corrected chi connectivity index (χ3v) is 1.43. The van der Waals surface area contributed by atoms with E-state index in [1.807, 2.05) is 0 Å². The van der Waals surface area contributed by atoms with E-state index in [0.717, 1.165) is 0 Å². The molecule has 0 saturated heterocycles. The zero-order valence-electron chi connectivity index (χ0n) is 7.31. The Bertz CT molecular complexity index is 448. The number of nitrogens with zero attached hydrogens (tertiary/aromatic N) is 2. The Labute approximate surface area is 78.3 Å². The minimum atomic E-state index is -0.971. The molecule has 0 aliphatic heterocycles. The van der Waals surface area contributed by atoms with E-state index in [0.29, 0.717) is 5.69 Å². The first-order valence-electron chi connectivity index (χ1n) is 3.65. The lowest BCUT2D eigenvalue weighted by molar-refractivity contribution is -0.112. The van der Waals surface area contributed by atoms with Gasteiger partial charge in [0.05, 0.1) is 0 Å². The molecule has 1 aromatic rings. The third-order valence-electron chi connectivity index (χ3n) is 1.43. The van der Waals surface area contributed by atoms with E-state index in [-0.39, 0.29) is 5.82 Å². The number of aromatic nitrogens is 2. The molecular weight excluding hydrogens is 188 g/mol. The number of oxime groups is 1. The molecule has 0 fully saturated rings. The number of nitrogens with one attached hydrogen (secondary N) is 1. The van der Waals surface area contributed by atoms with Crippen LogP contribution in [0.25, 0.3) is 0 Å². The van der Waals surface area contributed by atoms with E-state index in [1.54, 1.807) is 6.92 Å². The van der Waals surface area contributed by atoms with E-state index in [1.165, 1.54) is 6.07 Å². The number of carbonyl (C=O) groups excluding carboxylic acids is 1. The van der Waals surface area contributed by atoms with Gasteiger partial charge in [-0.25, -0.2) is 4.98 Å². The van der Waals surface area contributed by atoms with Gasteiger partial charge in [0.15, 0.2) is 5.82 Å². The summed E-state index contributed by atoms with van der Waals surface area (Å²) in [6.07, 6.45) is 0. The topological polar surface area (TPSA) is 121 Å². The molecule has 0 spiro atoms. The normalized spacial score (nSPS) is 11.4. The second-order valence-electron chi connectivity index (χ2n) is 2.55. The molecule has 0 radical (unpaired) electrons. The Hall–Kier alpha value is -2.18. The van der Waals surface area contributed by atoms with Crippen molar-refractivity contribution in [1.82, 2.24) is 9.97 Å². The first-order chi connectivity index (χ1) is 6.54. The number of aryl methyl sites for hydroxylation is 1. The van der Waals surface area contributed by atoms with E-state index in [9.17, 15) is 9.59 Å². The average Bonchev–Trinajstić information content (AvgIpc) is 2.02. The molecule has 0 aliphatic rings. The summed E-state index contributed by atoms with van der Waals surface area (Å²) in [7, 11) is 0. The van der Waals surface area contributed by atoms with E-state index in [2.05, 4.69) is 15.1 Å². The van der Waals surface area contributed by atoms with Crippen LogP contribution in [0.1, 0.15) is 11.5 Å². The fourth-order valence-corrected chi connectivity index (χ4v) is 0.905. The lowest BCUT2D eigenvalue weighted by atomic mass is 10.3. The van der Waals surface area contributed by atoms with Gasteiger partial charge in [-0.3, -0.25) is 9.59 Å². The highest BCUT2D eigenvalue weighted by molar-refractivity contribution is 6.43. The van der Waals surface area contributed by atoms with Crippen LogP contribution in [0, 0.1) is 6.92 Å². The molecule has 1 heterocycles. The molecule has 0 aromatic carbocycles. The monoisotopic (exact) mass is 196 g/mol. The number of H-pyrrole nitrogens is 1. The van der Waals surface area contributed by atoms with Gasteiger partial charge in [0.1, 0.15) is 0 Å². The molecule has 7 nitrogen and oxygen atoms in total. The molecule has 0 bridgehead atoms. The van der Waals surface area contributed by atoms with Crippen molar-refractivity contribution in [3.05, 3.63) is 27.9 Å². The van der Waals surface area contributed by atoms with Crippen LogP contribution in [0.15, 0.2) is 16.0 Å². The molecule has 4 N–H and O–H groups in total. The van der Waals surface area contributed by atoms with Crippen molar-refractivity contribution in [2.75, 3.05) is 0 Å². The Kier molecular flexibility index (Phi) is 2.61. The SMILES string of the molecule is Cc1cc(=O)[nH]c(/C(=N/O)C(N)=O)n1.